The van der Waals surface area contributed by atoms with Gasteiger partial charge in [0.2, 0.25) is 5.91 Å². The molecule has 2 aliphatic carbocycles. The molecule has 0 saturated heterocycles. The number of primary amides is 1. The summed E-state index contributed by atoms with van der Waals surface area (Å²) in [4.78, 5) is 22.6. The van der Waals surface area contributed by atoms with Crippen molar-refractivity contribution < 1.29 is 9.59 Å². The van der Waals surface area contributed by atoms with Gasteiger partial charge in [0.05, 0.1) is 0 Å². The van der Waals surface area contributed by atoms with Crippen LogP contribution in [0.2, 0.25) is 0 Å². The highest BCUT2D eigenvalue weighted by Gasteiger charge is 2.34. The average molecular weight is 419 g/mol. The summed E-state index contributed by atoms with van der Waals surface area (Å²) < 4.78 is 0. The molecule has 2 aromatic rings. The van der Waals surface area contributed by atoms with Crippen LogP contribution in [0.1, 0.15) is 79.3 Å². The van der Waals surface area contributed by atoms with Gasteiger partial charge in [0, 0.05) is 17.5 Å². The standard InChI is InChI=1S/C23H27NO.C4H7NO/c25-22(21-12-6-5-11-20(21)18-13-14-18)24-17-23(15-7-2-8-16-23)19-9-3-1-4-10-19;1-2-3-4(5)6/h1,3-6,9-12,18H,2,7-8,13-17H2,(H,24,25);2-3H,1H3,(H2,5,6)/b;3-2+. The Bertz CT molecular complexity index is 894. The van der Waals surface area contributed by atoms with Crippen molar-refractivity contribution >= 4 is 11.8 Å². The van der Waals surface area contributed by atoms with E-state index < -0.39 is 5.91 Å². The lowest BCUT2D eigenvalue weighted by Crippen LogP contribution is -2.42. The summed E-state index contributed by atoms with van der Waals surface area (Å²) in [6.45, 7) is 2.49. The van der Waals surface area contributed by atoms with Crippen LogP contribution in [0.5, 0.6) is 0 Å². The van der Waals surface area contributed by atoms with Crippen molar-refractivity contribution in [2.24, 2.45) is 5.73 Å². The molecule has 2 aromatic carbocycles. The average Bonchev–Trinajstić information content (AvgIpc) is 3.64. The molecule has 31 heavy (non-hydrogen) atoms. The monoisotopic (exact) mass is 418 g/mol. The molecule has 4 heteroatoms. The predicted molar refractivity (Wildman–Crippen MR) is 126 cm³/mol. The molecule has 0 heterocycles. The molecule has 2 fully saturated rings. The predicted octanol–water partition coefficient (Wildman–Crippen LogP) is 5.24. The molecule has 0 radical (unpaired) electrons. The van der Waals surface area contributed by atoms with Crippen molar-refractivity contribution in [2.45, 2.75) is 63.2 Å². The molecule has 4 nitrogen and oxygen atoms in total. The van der Waals surface area contributed by atoms with Gasteiger partial charge in [-0.05, 0) is 61.8 Å². The Balaban J connectivity index is 0.000000401. The van der Waals surface area contributed by atoms with Crippen LogP contribution in [0.15, 0.2) is 66.7 Å². The fraction of sp³-hybridized carbons (Fsp3) is 0.407. The first-order valence-corrected chi connectivity index (χ1v) is 11.4. The Morgan fingerprint density at radius 3 is 2.23 bits per heavy atom. The molecule has 2 amide bonds. The van der Waals surface area contributed by atoms with E-state index in [1.807, 2.05) is 12.1 Å². The Morgan fingerprint density at radius 2 is 1.65 bits per heavy atom. The number of rotatable bonds is 6. The molecule has 164 valence electrons. The first-order valence-electron chi connectivity index (χ1n) is 11.4. The van der Waals surface area contributed by atoms with Crippen LogP contribution in [-0.2, 0) is 10.2 Å². The van der Waals surface area contributed by atoms with Crippen LogP contribution >= 0.6 is 0 Å². The number of hydrogen-bond acceptors (Lipinski definition) is 2. The van der Waals surface area contributed by atoms with E-state index in [2.05, 4.69) is 53.5 Å². The zero-order valence-electron chi connectivity index (χ0n) is 18.5. The summed E-state index contributed by atoms with van der Waals surface area (Å²) in [5.41, 5.74) is 8.27. The first kappa shape index (κ1) is 22.8. The zero-order valence-corrected chi connectivity index (χ0v) is 18.5. The van der Waals surface area contributed by atoms with Gasteiger partial charge in [0.1, 0.15) is 0 Å². The zero-order chi connectivity index (χ0) is 22.1. The van der Waals surface area contributed by atoms with Gasteiger partial charge < -0.3 is 11.1 Å². The summed E-state index contributed by atoms with van der Waals surface area (Å²) in [5, 5.41) is 3.29. The Morgan fingerprint density at radius 1 is 1.00 bits per heavy atom. The maximum Gasteiger partial charge on any atom is 0.251 e. The third-order valence-electron chi connectivity index (χ3n) is 6.34. The van der Waals surface area contributed by atoms with E-state index in [0.717, 1.165) is 12.1 Å². The van der Waals surface area contributed by atoms with Crippen LogP contribution in [0, 0.1) is 0 Å². The molecule has 3 N–H and O–H groups in total. The number of nitrogens with one attached hydrogen (secondary N) is 1. The van der Waals surface area contributed by atoms with E-state index in [-0.39, 0.29) is 11.3 Å². The number of benzene rings is 2. The van der Waals surface area contributed by atoms with E-state index in [1.54, 1.807) is 13.0 Å². The lowest BCUT2D eigenvalue weighted by molar-refractivity contribution is -0.113. The highest BCUT2D eigenvalue weighted by Crippen LogP contribution is 2.42. The van der Waals surface area contributed by atoms with E-state index in [4.69, 9.17) is 0 Å². The summed E-state index contributed by atoms with van der Waals surface area (Å²) in [7, 11) is 0. The maximum absolute atomic E-state index is 12.9. The molecular formula is C27H34N2O2. The summed E-state index contributed by atoms with van der Waals surface area (Å²) >= 11 is 0. The summed E-state index contributed by atoms with van der Waals surface area (Å²) in [5.74, 6) is 0.306. The number of hydrogen-bond donors (Lipinski definition) is 2. The van der Waals surface area contributed by atoms with Crippen LogP contribution in [0.3, 0.4) is 0 Å². The van der Waals surface area contributed by atoms with Gasteiger partial charge in [0.25, 0.3) is 5.91 Å². The molecule has 0 unspecified atom stereocenters. The molecule has 2 saturated carbocycles. The third-order valence-corrected chi connectivity index (χ3v) is 6.34. The van der Waals surface area contributed by atoms with Gasteiger partial charge in [-0.15, -0.1) is 0 Å². The molecule has 0 bridgehead atoms. The van der Waals surface area contributed by atoms with Crippen LogP contribution in [-0.4, -0.2) is 18.4 Å². The van der Waals surface area contributed by atoms with Gasteiger partial charge in [-0.25, -0.2) is 0 Å². The summed E-state index contributed by atoms with van der Waals surface area (Å²) in [6.07, 6.45) is 11.5. The second-order valence-corrected chi connectivity index (χ2v) is 8.65. The molecule has 2 aliphatic rings. The lowest BCUT2D eigenvalue weighted by Gasteiger charge is -2.38. The van der Waals surface area contributed by atoms with Gasteiger partial charge in [-0.3, -0.25) is 9.59 Å². The second-order valence-electron chi connectivity index (χ2n) is 8.65. The smallest absolute Gasteiger partial charge is 0.251 e. The van der Waals surface area contributed by atoms with Crippen LogP contribution in [0.4, 0.5) is 0 Å². The summed E-state index contributed by atoms with van der Waals surface area (Å²) in [6, 6.07) is 18.9. The molecule has 0 atom stereocenters. The molecule has 4 rings (SSSR count). The van der Waals surface area contributed by atoms with Crippen molar-refractivity contribution in [1.82, 2.24) is 5.32 Å². The largest absolute Gasteiger partial charge is 0.366 e. The number of carbonyl (C=O) groups is 2. The Kier molecular flexibility index (Phi) is 8.05. The molecule has 0 aromatic heterocycles. The normalized spacial score (nSPS) is 17.5. The molecular weight excluding hydrogens is 384 g/mol. The quantitative estimate of drug-likeness (QED) is 0.629. The number of carbonyl (C=O) groups excluding carboxylic acids is 2. The minimum absolute atomic E-state index is 0.100. The molecule has 0 spiro atoms. The van der Waals surface area contributed by atoms with E-state index in [0.29, 0.717) is 5.92 Å². The van der Waals surface area contributed by atoms with Crippen molar-refractivity contribution in [3.63, 3.8) is 0 Å². The lowest BCUT2D eigenvalue weighted by atomic mass is 9.69. The van der Waals surface area contributed by atoms with E-state index in [9.17, 15) is 9.59 Å². The van der Waals surface area contributed by atoms with Crippen molar-refractivity contribution in [3.05, 3.63) is 83.4 Å². The molecule has 0 aliphatic heterocycles. The maximum atomic E-state index is 12.9. The van der Waals surface area contributed by atoms with Crippen molar-refractivity contribution in [3.8, 4) is 0 Å². The van der Waals surface area contributed by atoms with E-state index >= 15 is 0 Å². The fourth-order valence-corrected chi connectivity index (χ4v) is 4.55. The van der Waals surface area contributed by atoms with Gasteiger partial charge in [-0.2, -0.15) is 0 Å². The minimum Gasteiger partial charge on any atom is -0.366 e. The highest BCUT2D eigenvalue weighted by atomic mass is 16.2. The minimum atomic E-state index is -0.391. The topological polar surface area (TPSA) is 72.2 Å². The van der Waals surface area contributed by atoms with Crippen molar-refractivity contribution in [2.75, 3.05) is 6.54 Å². The number of allylic oxidation sites excluding steroid dienone is 1. The SMILES string of the molecule is C/C=C/C(N)=O.O=C(NCC1(c2ccccc2)CCCCC1)c1ccccc1C1CC1. The fourth-order valence-electron chi connectivity index (χ4n) is 4.55. The van der Waals surface area contributed by atoms with Gasteiger partial charge in [0.15, 0.2) is 0 Å². The Hall–Kier alpha value is -2.88. The van der Waals surface area contributed by atoms with Gasteiger partial charge >= 0.3 is 0 Å². The number of nitrogens with two attached hydrogens (primary N) is 1. The third kappa shape index (κ3) is 6.30. The Labute approximate surface area is 185 Å². The number of amides is 2. The highest BCUT2D eigenvalue weighted by molar-refractivity contribution is 5.96. The van der Waals surface area contributed by atoms with Crippen LogP contribution in [0.25, 0.3) is 0 Å². The van der Waals surface area contributed by atoms with Gasteiger partial charge in [-0.1, -0.05) is 73.9 Å². The first-order chi connectivity index (χ1) is 15.1. The van der Waals surface area contributed by atoms with Crippen molar-refractivity contribution in [1.29, 1.82) is 0 Å². The second kappa shape index (κ2) is 10.9. The van der Waals surface area contributed by atoms with Crippen LogP contribution < -0.4 is 11.1 Å². The van der Waals surface area contributed by atoms with E-state index in [1.165, 1.54) is 62.1 Å².